The molecule has 0 aromatic rings. The molecule has 1 heteroatoms. The summed E-state index contributed by atoms with van der Waals surface area (Å²) in [6, 6.07) is 0. The third-order valence-corrected chi connectivity index (χ3v) is 4.04. The van der Waals surface area contributed by atoms with Crippen molar-refractivity contribution in [3.05, 3.63) is 0 Å². The van der Waals surface area contributed by atoms with Crippen molar-refractivity contribution in [1.82, 2.24) is 0 Å². The minimum absolute atomic E-state index is 0.0894. The third kappa shape index (κ3) is 2.75. The van der Waals surface area contributed by atoms with Crippen LogP contribution < -0.4 is 0 Å². The van der Waals surface area contributed by atoms with E-state index < -0.39 is 5.60 Å². The lowest BCUT2D eigenvalue weighted by Crippen LogP contribution is -2.56. The Morgan fingerprint density at radius 1 is 0.800 bits per heavy atom. The van der Waals surface area contributed by atoms with Crippen molar-refractivity contribution in [3.63, 3.8) is 0 Å². The molecule has 0 aromatic heterocycles. The van der Waals surface area contributed by atoms with Crippen molar-refractivity contribution >= 4 is 0 Å². The minimum atomic E-state index is -0.620. The van der Waals surface area contributed by atoms with Crippen LogP contribution in [0.1, 0.15) is 62.3 Å². The van der Waals surface area contributed by atoms with E-state index in [0.717, 1.165) is 0 Å². The second kappa shape index (κ2) is 4.08. The summed E-state index contributed by atoms with van der Waals surface area (Å²) in [6.07, 6.45) is 0. The van der Waals surface area contributed by atoms with Crippen molar-refractivity contribution in [1.29, 1.82) is 0 Å². The van der Waals surface area contributed by atoms with Crippen molar-refractivity contribution < 1.29 is 5.11 Å². The Hall–Kier alpha value is -0.0400. The SMILES string of the molecule is CC(C)C(O)(C(C)C(C)(C)C)C(C)(C)C. The van der Waals surface area contributed by atoms with Crippen molar-refractivity contribution in [3.8, 4) is 0 Å². The van der Waals surface area contributed by atoms with Gasteiger partial charge in [-0.25, -0.2) is 0 Å². The predicted octanol–water partition coefficient (Wildman–Crippen LogP) is 4.10. The Kier molecular flexibility index (Phi) is 4.07. The van der Waals surface area contributed by atoms with Crippen LogP contribution in [-0.2, 0) is 0 Å². The molecule has 0 aliphatic rings. The average Bonchev–Trinajstić information content (AvgIpc) is 1.97. The van der Waals surface area contributed by atoms with Gasteiger partial charge in [0.15, 0.2) is 0 Å². The molecule has 0 heterocycles. The molecule has 92 valence electrons. The lowest BCUT2D eigenvalue weighted by Gasteiger charge is -2.52. The molecule has 0 aliphatic carbocycles. The molecule has 0 fully saturated rings. The molecule has 1 nitrogen and oxygen atoms in total. The van der Waals surface area contributed by atoms with Crippen LogP contribution in [0.25, 0.3) is 0 Å². The number of aliphatic hydroxyl groups is 1. The summed E-state index contributed by atoms with van der Waals surface area (Å²) in [5, 5.41) is 11.0. The van der Waals surface area contributed by atoms with Gasteiger partial charge in [-0.15, -0.1) is 0 Å². The molecule has 1 N–H and O–H groups in total. The van der Waals surface area contributed by atoms with Crippen LogP contribution in [0, 0.1) is 22.7 Å². The lowest BCUT2D eigenvalue weighted by molar-refractivity contribution is -0.159. The zero-order chi connectivity index (χ0) is 12.7. The van der Waals surface area contributed by atoms with E-state index in [4.69, 9.17) is 0 Å². The summed E-state index contributed by atoms with van der Waals surface area (Å²) in [7, 11) is 0. The highest BCUT2D eigenvalue weighted by molar-refractivity contribution is 5.00. The monoisotopic (exact) mass is 214 g/mol. The largest absolute Gasteiger partial charge is 0.389 e. The molecule has 0 radical (unpaired) electrons. The molecule has 0 spiro atoms. The standard InChI is InChI=1S/C14H30O/c1-10(2)14(15,13(7,8)9)11(3)12(4,5)6/h10-11,15H,1-9H3. The van der Waals surface area contributed by atoms with Crippen molar-refractivity contribution in [2.45, 2.75) is 67.9 Å². The van der Waals surface area contributed by atoms with Gasteiger partial charge < -0.3 is 5.11 Å². The van der Waals surface area contributed by atoms with Gasteiger partial charge in [-0.05, 0) is 22.7 Å². The molecule has 0 aliphatic heterocycles. The molecule has 15 heavy (non-hydrogen) atoms. The summed E-state index contributed by atoms with van der Waals surface area (Å²) in [5.41, 5.74) is -0.578. The van der Waals surface area contributed by atoms with Crippen LogP contribution in [0.2, 0.25) is 0 Å². The second-order valence-electron chi connectivity index (χ2n) is 7.32. The van der Waals surface area contributed by atoms with Gasteiger partial charge in [0, 0.05) is 0 Å². The molecule has 2 atom stereocenters. The van der Waals surface area contributed by atoms with Crippen molar-refractivity contribution in [2.75, 3.05) is 0 Å². The van der Waals surface area contributed by atoms with E-state index in [0.29, 0.717) is 0 Å². The summed E-state index contributed by atoms with van der Waals surface area (Å²) in [6.45, 7) is 19.4. The highest BCUT2D eigenvalue weighted by Crippen LogP contribution is 2.48. The van der Waals surface area contributed by atoms with E-state index in [1.807, 2.05) is 0 Å². The van der Waals surface area contributed by atoms with Gasteiger partial charge in [0.25, 0.3) is 0 Å². The van der Waals surface area contributed by atoms with Gasteiger partial charge in [0.05, 0.1) is 5.60 Å². The first-order valence-electron chi connectivity index (χ1n) is 6.07. The number of hydrogen-bond acceptors (Lipinski definition) is 1. The molecule has 0 saturated carbocycles. The zero-order valence-electron chi connectivity index (χ0n) is 12.1. The molecule has 0 bridgehead atoms. The van der Waals surface area contributed by atoms with Gasteiger partial charge in [-0.2, -0.15) is 0 Å². The van der Waals surface area contributed by atoms with Crippen LogP contribution >= 0.6 is 0 Å². The van der Waals surface area contributed by atoms with Gasteiger partial charge >= 0.3 is 0 Å². The first-order valence-corrected chi connectivity index (χ1v) is 6.07. The minimum Gasteiger partial charge on any atom is -0.389 e. The normalized spacial score (nSPS) is 20.2. The first-order chi connectivity index (χ1) is 6.35. The zero-order valence-corrected chi connectivity index (χ0v) is 12.1. The number of rotatable bonds is 2. The van der Waals surface area contributed by atoms with Gasteiger partial charge in [0.1, 0.15) is 0 Å². The van der Waals surface area contributed by atoms with Crippen molar-refractivity contribution in [2.24, 2.45) is 22.7 Å². The van der Waals surface area contributed by atoms with E-state index in [-0.39, 0.29) is 22.7 Å². The van der Waals surface area contributed by atoms with Crippen LogP contribution in [0.5, 0.6) is 0 Å². The predicted molar refractivity (Wildman–Crippen MR) is 67.9 cm³/mol. The molecule has 0 aromatic carbocycles. The number of hydrogen-bond donors (Lipinski definition) is 1. The third-order valence-electron chi connectivity index (χ3n) is 4.04. The summed E-state index contributed by atoms with van der Waals surface area (Å²) < 4.78 is 0. The Morgan fingerprint density at radius 3 is 1.20 bits per heavy atom. The summed E-state index contributed by atoms with van der Waals surface area (Å²) in [5.74, 6) is 0.539. The van der Waals surface area contributed by atoms with Gasteiger partial charge in [-0.3, -0.25) is 0 Å². The molecular weight excluding hydrogens is 184 g/mol. The molecule has 0 rings (SSSR count). The van der Waals surface area contributed by atoms with Gasteiger partial charge in [-0.1, -0.05) is 62.3 Å². The van der Waals surface area contributed by atoms with Gasteiger partial charge in [0.2, 0.25) is 0 Å². The quantitative estimate of drug-likeness (QED) is 0.733. The first kappa shape index (κ1) is 15.0. The lowest BCUT2D eigenvalue weighted by atomic mass is 9.58. The molecule has 0 saturated heterocycles. The fourth-order valence-corrected chi connectivity index (χ4v) is 2.68. The topological polar surface area (TPSA) is 20.2 Å². The average molecular weight is 214 g/mol. The van der Waals surface area contributed by atoms with E-state index in [2.05, 4.69) is 62.3 Å². The molecular formula is C14H30O. The van der Waals surface area contributed by atoms with E-state index in [1.165, 1.54) is 0 Å². The fourth-order valence-electron chi connectivity index (χ4n) is 2.68. The van der Waals surface area contributed by atoms with Crippen LogP contribution in [0.3, 0.4) is 0 Å². The maximum atomic E-state index is 11.0. The van der Waals surface area contributed by atoms with Crippen LogP contribution in [0.15, 0.2) is 0 Å². The summed E-state index contributed by atoms with van der Waals surface area (Å²) >= 11 is 0. The van der Waals surface area contributed by atoms with Crippen LogP contribution in [0.4, 0.5) is 0 Å². The van der Waals surface area contributed by atoms with E-state index in [1.54, 1.807) is 0 Å². The summed E-state index contributed by atoms with van der Waals surface area (Å²) in [4.78, 5) is 0. The maximum absolute atomic E-state index is 11.0. The highest BCUT2D eigenvalue weighted by Gasteiger charge is 2.50. The van der Waals surface area contributed by atoms with E-state index >= 15 is 0 Å². The Bertz CT molecular complexity index is 204. The van der Waals surface area contributed by atoms with Crippen LogP contribution in [-0.4, -0.2) is 10.7 Å². The Morgan fingerprint density at radius 2 is 1.13 bits per heavy atom. The Balaban J connectivity index is 5.33. The smallest absolute Gasteiger partial charge is 0.0748 e. The fraction of sp³-hybridized carbons (Fsp3) is 1.00. The molecule has 0 amide bonds. The highest BCUT2D eigenvalue weighted by atomic mass is 16.3. The Labute approximate surface area is 96.3 Å². The maximum Gasteiger partial charge on any atom is 0.0748 e. The molecule has 2 unspecified atom stereocenters. The second-order valence-corrected chi connectivity index (χ2v) is 7.32. The van der Waals surface area contributed by atoms with E-state index in [9.17, 15) is 5.11 Å².